The van der Waals surface area contributed by atoms with Gasteiger partial charge in [0, 0.05) is 25.1 Å². The predicted molar refractivity (Wildman–Crippen MR) is 112 cm³/mol. The number of benzene rings is 1. The fourth-order valence-corrected chi connectivity index (χ4v) is 4.86. The summed E-state index contributed by atoms with van der Waals surface area (Å²) in [5.41, 5.74) is 1.67. The number of hydrogen-bond donors (Lipinski definition) is 1. The summed E-state index contributed by atoms with van der Waals surface area (Å²) in [4.78, 5) is 31.3. The first-order valence-corrected chi connectivity index (χ1v) is 11.0. The van der Waals surface area contributed by atoms with E-state index in [0.717, 1.165) is 45.2 Å². The number of fused-ring (bicyclic) bond motifs is 1. The lowest BCUT2D eigenvalue weighted by Gasteiger charge is -2.16. The van der Waals surface area contributed by atoms with Crippen molar-refractivity contribution in [2.24, 2.45) is 5.92 Å². The minimum Gasteiger partial charge on any atom is -0.312 e. The van der Waals surface area contributed by atoms with Gasteiger partial charge in [-0.2, -0.15) is 0 Å². The average Bonchev–Trinajstić information content (AvgIpc) is 3.37. The molecule has 9 heteroatoms. The lowest BCUT2D eigenvalue weighted by atomic mass is 10.1. The number of nitrogens with one attached hydrogen (secondary N) is 1. The van der Waals surface area contributed by atoms with E-state index in [1.54, 1.807) is 16.2 Å². The second-order valence-corrected chi connectivity index (χ2v) is 9.18. The van der Waals surface area contributed by atoms with Gasteiger partial charge in [0.2, 0.25) is 16.9 Å². The molecule has 0 aliphatic carbocycles. The van der Waals surface area contributed by atoms with Crippen molar-refractivity contribution >= 4 is 55.5 Å². The van der Waals surface area contributed by atoms with Crippen LogP contribution in [0.1, 0.15) is 36.2 Å². The quantitative estimate of drug-likeness (QED) is 0.662. The normalized spacial score (nSPS) is 16.9. The Hall–Kier alpha value is -2.39. The molecule has 0 spiro atoms. The standard InChI is InChI=1S/C19H21N5O2S2/c1-3-4-5-16-22-23-19(28-16)21-18(26)12-8-17(25)24(10-12)13-6-7-15-14(9-13)20-11(2)27-15/h6-7,9,12H,3-5,8,10H2,1-2H3,(H,21,23,26). The number of rotatable bonds is 6. The molecule has 1 aliphatic heterocycles. The van der Waals surface area contributed by atoms with Crippen molar-refractivity contribution in [2.45, 2.75) is 39.5 Å². The SMILES string of the molecule is CCCCc1nnc(NC(=O)C2CC(=O)N(c3ccc4sc(C)nc4c3)C2)s1. The topological polar surface area (TPSA) is 88.1 Å². The van der Waals surface area contributed by atoms with Crippen molar-refractivity contribution in [3.05, 3.63) is 28.2 Å². The third kappa shape index (κ3) is 3.90. The summed E-state index contributed by atoms with van der Waals surface area (Å²) < 4.78 is 1.09. The Labute approximate surface area is 170 Å². The number of carbonyl (C=O) groups is 2. The van der Waals surface area contributed by atoms with Crippen molar-refractivity contribution in [3.63, 3.8) is 0 Å². The average molecular weight is 416 g/mol. The summed E-state index contributed by atoms with van der Waals surface area (Å²) in [5, 5.41) is 13.4. The summed E-state index contributed by atoms with van der Waals surface area (Å²) >= 11 is 3.03. The molecule has 1 saturated heterocycles. The Morgan fingerprint density at radius 2 is 2.18 bits per heavy atom. The second kappa shape index (κ2) is 7.92. The smallest absolute Gasteiger partial charge is 0.231 e. The number of amides is 2. The van der Waals surface area contributed by atoms with Crippen molar-refractivity contribution < 1.29 is 9.59 Å². The van der Waals surface area contributed by atoms with Crippen LogP contribution < -0.4 is 10.2 Å². The molecule has 0 bridgehead atoms. The monoisotopic (exact) mass is 415 g/mol. The largest absolute Gasteiger partial charge is 0.312 e. The minimum absolute atomic E-state index is 0.0487. The predicted octanol–water partition coefficient (Wildman–Crippen LogP) is 3.79. The van der Waals surface area contributed by atoms with Crippen LogP contribution in [0.5, 0.6) is 0 Å². The molecular weight excluding hydrogens is 394 g/mol. The Morgan fingerprint density at radius 3 is 3.00 bits per heavy atom. The number of hydrogen-bond acceptors (Lipinski definition) is 7. The fourth-order valence-electron chi connectivity index (χ4n) is 3.27. The highest BCUT2D eigenvalue weighted by molar-refractivity contribution is 7.18. The van der Waals surface area contributed by atoms with Crippen LogP contribution in [0.25, 0.3) is 10.2 Å². The lowest BCUT2D eigenvalue weighted by molar-refractivity contribution is -0.122. The zero-order chi connectivity index (χ0) is 19.7. The van der Waals surface area contributed by atoms with Gasteiger partial charge < -0.3 is 10.2 Å². The van der Waals surface area contributed by atoms with Crippen LogP contribution in [0.2, 0.25) is 0 Å². The zero-order valence-corrected chi connectivity index (χ0v) is 17.4. The number of aryl methyl sites for hydroxylation is 2. The van der Waals surface area contributed by atoms with Gasteiger partial charge in [-0.25, -0.2) is 4.98 Å². The first-order chi connectivity index (χ1) is 13.5. The molecule has 1 N–H and O–H groups in total. The van der Waals surface area contributed by atoms with E-state index in [2.05, 4.69) is 27.4 Å². The van der Waals surface area contributed by atoms with Gasteiger partial charge in [-0.05, 0) is 31.5 Å². The van der Waals surface area contributed by atoms with Gasteiger partial charge in [0.25, 0.3) is 0 Å². The van der Waals surface area contributed by atoms with Crippen LogP contribution in [0.15, 0.2) is 18.2 Å². The van der Waals surface area contributed by atoms with Crippen LogP contribution in [0.3, 0.4) is 0 Å². The van der Waals surface area contributed by atoms with Gasteiger partial charge >= 0.3 is 0 Å². The van der Waals surface area contributed by atoms with E-state index >= 15 is 0 Å². The van der Waals surface area contributed by atoms with Gasteiger partial charge in [-0.3, -0.25) is 9.59 Å². The second-order valence-electron chi connectivity index (χ2n) is 6.88. The van der Waals surface area contributed by atoms with Crippen molar-refractivity contribution in [1.82, 2.24) is 15.2 Å². The Morgan fingerprint density at radius 1 is 1.32 bits per heavy atom. The molecule has 1 aliphatic rings. The van der Waals surface area contributed by atoms with Crippen LogP contribution in [0.4, 0.5) is 10.8 Å². The summed E-state index contributed by atoms with van der Waals surface area (Å²) in [6, 6.07) is 5.82. The van der Waals surface area contributed by atoms with E-state index in [1.165, 1.54) is 11.3 Å². The lowest BCUT2D eigenvalue weighted by Crippen LogP contribution is -2.28. The third-order valence-electron chi connectivity index (χ3n) is 4.73. The molecule has 0 saturated carbocycles. The van der Waals surface area contributed by atoms with Crippen LogP contribution in [-0.4, -0.2) is 33.5 Å². The molecule has 146 valence electrons. The molecule has 7 nitrogen and oxygen atoms in total. The molecular formula is C19H21N5O2S2. The highest BCUT2D eigenvalue weighted by atomic mass is 32.1. The fraction of sp³-hybridized carbons (Fsp3) is 0.421. The minimum atomic E-state index is -0.400. The maximum absolute atomic E-state index is 12.6. The van der Waals surface area contributed by atoms with Crippen LogP contribution in [0, 0.1) is 12.8 Å². The van der Waals surface area contributed by atoms with E-state index in [-0.39, 0.29) is 18.2 Å². The molecule has 1 aromatic carbocycles. The maximum Gasteiger partial charge on any atom is 0.231 e. The highest BCUT2D eigenvalue weighted by Gasteiger charge is 2.35. The van der Waals surface area contributed by atoms with E-state index in [1.807, 2.05) is 25.1 Å². The summed E-state index contributed by atoms with van der Waals surface area (Å²) in [5.74, 6) is -0.629. The zero-order valence-electron chi connectivity index (χ0n) is 15.8. The van der Waals surface area contributed by atoms with E-state index in [0.29, 0.717) is 11.7 Å². The van der Waals surface area contributed by atoms with Crippen molar-refractivity contribution in [2.75, 3.05) is 16.8 Å². The first-order valence-electron chi connectivity index (χ1n) is 9.34. The highest BCUT2D eigenvalue weighted by Crippen LogP contribution is 2.30. The molecule has 1 fully saturated rings. The molecule has 2 amide bonds. The first kappa shape index (κ1) is 18.9. The number of anilines is 2. The van der Waals surface area contributed by atoms with Gasteiger partial charge in [-0.1, -0.05) is 24.7 Å². The Kier molecular flexibility index (Phi) is 5.36. The molecule has 3 aromatic rings. The number of carbonyl (C=O) groups excluding carboxylic acids is 2. The number of nitrogens with zero attached hydrogens (tertiary/aromatic N) is 4. The van der Waals surface area contributed by atoms with E-state index in [9.17, 15) is 9.59 Å². The summed E-state index contributed by atoms with van der Waals surface area (Å²) in [6.45, 7) is 4.45. The van der Waals surface area contributed by atoms with Crippen LogP contribution in [-0.2, 0) is 16.0 Å². The van der Waals surface area contributed by atoms with Gasteiger partial charge in [0.15, 0.2) is 0 Å². The van der Waals surface area contributed by atoms with Gasteiger partial charge in [0.05, 0.1) is 21.1 Å². The molecule has 0 radical (unpaired) electrons. The van der Waals surface area contributed by atoms with Crippen molar-refractivity contribution in [1.29, 1.82) is 0 Å². The molecule has 2 aromatic heterocycles. The maximum atomic E-state index is 12.6. The number of thiazole rings is 1. The Balaban J connectivity index is 1.43. The van der Waals surface area contributed by atoms with Gasteiger partial charge in [-0.15, -0.1) is 21.5 Å². The van der Waals surface area contributed by atoms with Crippen LogP contribution >= 0.6 is 22.7 Å². The summed E-state index contributed by atoms with van der Waals surface area (Å²) in [7, 11) is 0. The molecule has 1 unspecified atom stereocenters. The number of aromatic nitrogens is 3. The number of unbranched alkanes of at least 4 members (excludes halogenated alkanes) is 1. The summed E-state index contributed by atoms with van der Waals surface area (Å²) in [6.07, 6.45) is 3.21. The molecule has 3 heterocycles. The van der Waals surface area contributed by atoms with E-state index in [4.69, 9.17) is 0 Å². The molecule has 4 rings (SSSR count). The Bertz CT molecular complexity index is 1030. The van der Waals surface area contributed by atoms with Gasteiger partial charge in [0.1, 0.15) is 5.01 Å². The third-order valence-corrected chi connectivity index (χ3v) is 6.58. The molecule has 28 heavy (non-hydrogen) atoms. The molecule has 1 atom stereocenters. The van der Waals surface area contributed by atoms with E-state index < -0.39 is 5.92 Å². The van der Waals surface area contributed by atoms with Crippen molar-refractivity contribution in [3.8, 4) is 0 Å².